The van der Waals surface area contributed by atoms with Crippen molar-refractivity contribution >= 4 is 23.6 Å². The molecule has 3 aromatic rings. The Kier molecular flexibility index (Phi) is 7.88. The van der Waals surface area contributed by atoms with Gasteiger partial charge in [0.2, 0.25) is 6.41 Å². The van der Waals surface area contributed by atoms with Crippen LogP contribution in [0.5, 0.6) is 0 Å². The summed E-state index contributed by atoms with van der Waals surface area (Å²) in [6, 6.07) is 12.7. The van der Waals surface area contributed by atoms with Crippen molar-refractivity contribution < 1.29 is 19.7 Å². The van der Waals surface area contributed by atoms with Crippen LogP contribution in [0.2, 0.25) is 0 Å². The van der Waals surface area contributed by atoms with E-state index >= 15 is 0 Å². The summed E-state index contributed by atoms with van der Waals surface area (Å²) in [7, 11) is 1.63. The van der Waals surface area contributed by atoms with Gasteiger partial charge < -0.3 is 30.2 Å². The van der Waals surface area contributed by atoms with Gasteiger partial charge in [-0.25, -0.2) is 4.98 Å². The number of aliphatic hydroxyl groups is 2. The SMILES string of the molecule is Cn1cc(-c2cccc(NC=O)c2CO)nc(Nc2ccc(CC(O)N3CCOCC3)cc2)c1=O. The number of nitrogens with zero attached hydrogens (tertiary/aromatic N) is 3. The van der Waals surface area contributed by atoms with Crippen LogP contribution in [0.25, 0.3) is 11.3 Å². The molecule has 4 N–H and O–H groups in total. The molecule has 0 saturated carbocycles. The third-order valence-electron chi connectivity index (χ3n) is 6.00. The zero-order valence-corrected chi connectivity index (χ0v) is 19.5. The second-order valence-corrected chi connectivity index (χ2v) is 8.30. The second-order valence-electron chi connectivity index (χ2n) is 8.30. The van der Waals surface area contributed by atoms with Crippen molar-refractivity contribution in [2.75, 3.05) is 36.9 Å². The normalized spacial score (nSPS) is 14.9. The number of rotatable bonds is 9. The first-order valence-electron chi connectivity index (χ1n) is 11.4. The summed E-state index contributed by atoms with van der Waals surface area (Å²) in [5.74, 6) is 0.128. The number of carbonyl (C=O) groups excluding carboxylic acids is 1. The summed E-state index contributed by atoms with van der Waals surface area (Å²) in [6.07, 6.45) is 2.05. The van der Waals surface area contributed by atoms with Crippen molar-refractivity contribution in [3.63, 3.8) is 0 Å². The minimum absolute atomic E-state index is 0.128. The molecule has 1 saturated heterocycles. The van der Waals surface area contributed by atoms with Crippen LogP contribution in [0.3, 0.4) is 0 Å². The number of ether oxygens (including phenoxy) is 1. The molecule has 184 valence electrons. The second kappa shape index (κ2) is 11.2. The van der Waals surface area contributed by atoms with Crippen molar-refractivity contribution in [3.8, 4) is 11.3 Å². The molecule has 1 aliphatic heterocycles. The summed E-state index contributed by atoms with van der Waals surface area (Å²) in [5.41, 5.74) is 3.38. The molecule has 0 spiro atoms. The minimum atomic E-state index is -0.575. The number of nitrogens with one attached hydrogen (secondary N) is 2. The molecule has 1 aliphatic rings. The maximum absolute atomic E-state index is 12.7. The van der Waals surface area contributed by atoms with Gasteiger partial charge >= 0.3 is 0 Å². The highest BCUT2D eigenvalue weighted by Crippen LogP contribution is 2.28. The largest absolute Gasteiger partial charge is 0.392 e. The highest BCUT2D eigenvalue weighted by molar-refractivity contribution is 5.79. The van der Waals surface area contributed by atoms with E-state index in [1.54, 1.807) is 31.4 Å². The maximum atomic E-state index is 12.7. The zero-order chi connectivity index (χ0) is 24.8. The molecule has 1 unspecified atom stereocenters. The van der Waals surface area contributed by atoms with Gasteiger partial charge in [0.1, 0.15) is 6.23 Å². The predicted octanol–water partition coefficient (Wildman–Crippen LogP) is 1.44. The van der Waals surface area contributed by atoms with Gasteiger partial charge in [0.25, 0.3) is 5.56 Å². The number of hydrogen-bond acceptors (Lipinski definition) is 8. The van der Waals surface area contributed by atoms with Crippen LogP contribution in [0, 0.1) is 0 Å². The molecule has 2 aromatic carbocycles. The van der Waals surface area contributed by atoms with Gasteiger partial charge in [-0.05, 0) is 23.8 Å². The van der Waals surface area contributed by atoms with Gasteiger partial charge in [-0.1, -0.05) is 24.3 Å². The molecule has 2 heterocycles. The van der Waals surface area contributed by atoms with Crippen LogP contribution in [-0.4, -0.2) is 63.6 Å². The van der Waals surface area contributed by atoms with E-state index in [0.717, 1.165) is 5.56 Å². The average molecular weight is 480 g/mol. The molecule has 10 nitrogen and oxygen atoms in total. The molecule has 4 rings (SSSR count). The fourth-order valence-corrected chi connectivity index (χ4v) is 4.09. The molecule has 1 amide bonds. The van der Waals surface area contributed by atoms with Crippen molar-refractivity contribution in [1.29, 1.82) is 0 Å². The molecule has 1 atom stereocenters. The first kappa shape index (κ1) is 24.6. The van der Waals surface area contributed by atoms with Crippen LogP contribution in [0.1, 0.15) is 11.1 Å². The zero-order valence-electron chi connectivity index (χ0n) is 19.5. The molecular weight excluding hydrogens is 450 g/mol. The highest BCUT2D eigenvalue weighted by Gasteiger charge is 2.19. The van der Waals surface area contributed by atoms with E-state index in [9.17, 15) is 19.8 Å². The van der Waals surface area contributed by atoms with E-state index in [0.29, 0.717) is 67.3 Å². The fraction of sp³-hybridized carbons (Fsp3) is 0.320. The molecule has 35 heavy (non-hydrogen) atoms. The molecule has 1 fully saturated rings. The van der Waals surface area contributed by atoms with E-state index in [1.165, 1.54) is 4.57 Å². The van der Waals surface area contributed by atoms with Gasteiger partial charge in [0, 0.05) is 55.3 Å². The van der Waals surface area contributed by atoms with Crippen LogP contribution in [0.4, 0.5) is 17.2 Å². The third kappa shape index (κ3) is 5.75. The third-order valence-corrected chi connectivity index (χ3v) is 6.00. The van der Waals surface area contributed by atoms with Crippen molar-refractivity contribution in [2.45, 2.75) is 19.3 Å². The fourth-order valence-electron chi connectivity index (χ4n) is 4.09. The number of aliphatic hydroxyl groups excluding tert-OH is 2. The number of benzene rings is 2. The van der Waals surface area contributed by atoms with Crippen molar-refractivity contribution in [1.82, 2.24) is 14.5 Å². The Balaban J connectivity index is 1.55. The molecular formula is C25H29N5O5. The number of hydrogen-bond donors (Lipinski definition) is 4. The topological polar surface area (TPSA) is 129 Å². The summed E-state index contributed by atoms with van der Waals surface area (Å²) in [5, 5.41) is 26.0. The van der Waals surface area contributed by atoms with Gasteiger partial charge in [0.05, 0.1) is 25.5 Å². The van der Waals surface area contributed by atoms with Crippen LogP contribution in [0.15, 0.2) is 53.5 Å². The molecule has 0 bridgehead atoms. The Labute approximate surface area is 202 Å². The number of anilines is 3. The van der Waals surface area contributed by atoms with E-state index in [-0.39, 0.29) is 18.0 Å². The van der Waals surface area contributed by atoms with Crippen LogP contribution >= 0.6 is 0 Å². The minimum Gasteiger partial charge on any atom is -0.392 e. The van der Waals surface area contributed by atoms with Crippen LogP contribution in [-0.2, 0) is 29.6 Å². The van der Waals surface area contributed by atoms with Gasteiger partial charge in [-0.15, -0.1) is 0 Å². The summed E-state index contributed by atoms with van der Waals surface area (Å²) in [4.78, 5) is 30.2. The Morgan fingerprint density at radius 2 is 1.91 bits per heavy atom. The lowest BCUT2D eigenvalue weighted by atomic mass is 10.0. The number of aryl methyl sites for hydroxylation is 1. The Bertz CT molecular complexity index is 1220. The van der Waals surface area contributed by atoms with Crippen LogP contribution < -0.4 is 16.2 Å². The van der Waals surface area contributed by atoms with E-state index in [1.807, 2.05) is 29.2 Å². The lowest BCUT2D eigenvalue weighted by Gasteiger charge is -2.31. The summed E-state index contributed by atoms with van der Waals surface area (Å²) >= 11 is 0. The van der Waals surface area contributed by atoms with Gasteiger partial charge in [0.15, 0.2) is 5.82 Å². The Morgan fingerprint density at radius 3 is 2.60 bits per heavy atom. The smallest absolute Gasteiger partial charge is 0.293 e. The first-order valence-corrected chi connectivity index (χ1v) is 11.4. The molecule has 10 heteroatoms. The summed E-state index contributed by atoms with van der Waals surface area (Å²) in [6.45, 7) is 2.35. The molecule has 0 aliphatic carbocycles. The quantitative estimate of drug-likeness (QED) is 0.340. The maximum Gasteiger partial charge on any atom is 0.293 e. The lowest BCUT2D eigenvalue weighted by Crippen LogP contribution is -2.44. The van der Waals surface area contributed by atoms with Crippen molar-refractivity contribution in [2.24, 2.45) is 7.05 Å². The Morgan fingerprint density at radius 1 is 1.17 bits per heavy atom. The standard InChI is InChI=1S/C25H29N5O5/c1-29-14-22(19-3-2-4-21(26-16-32)20(19)15-31)28-24(25(29)34)27-18-7-5-17(6-8-18)13-23(33)30-9-11-35-12-10-30/h2-8,14,16,23,31,33H,9-13,15H2,1H3,(H,26,32)(H,27,28). The van der Waals surface area contributed by atoms with Crippen molar-refractivity contribution in [3.05, 3.63) is 70.1 Å². The molecule has 0 radical (unpaired) electrons. The summed E-state index contributed by atoms with van der Waals surface area (Å²) < 4.78 is 6.75. The van der Waals surface area contributed by atoms with E-state index < -0.39 is 6.23 Å². The Hall–Kier alpha value is -3.57. The average Bonchev–Trinajstić information content (AvgIpc) is 2.88. The first-order chi connectivity index (χ1) is 17.0. The monoisotopic (exact) mass is 479 g/mol. The highest BCUT2D eigenvalue weighted by atomic mass is 16.5. The van der Waals surface area contributed by atoms with Gasteiger partial charge in [-0.3, -0.25) is 14.5 Å². The number of carbonyl (C=O) groups is 1. The predicted molar refractivity (Wildman–Crippen MR) is 132 cm³/mol. The molecule has 1 aromatic heterocycles. The van der Waals surface area contributed by atoms with E-state index in [4.69, 9.17) is 4.74 Å². The van der Waals surface area contributed by atoms with Gasteiger partial charge in [-0.2, -0.15) is 0 Å². The number of amides is 1. The number of morpholine rings is 1. The number of aromatic nitrogens is 2. The lowest BCUT2D eigenvalue weighted by molar-refractivity contribution is -0.105. The van der Waals surface area contributed by atoms with E-state index in [2.05, 4.69) is 15.6 Å².